The van der Waals surface area contributed by atoms with Gasteiger partial charge in [-0.1, -0.05) is 18.2 Å². The molecule has 20 heavy (non-hydrogen) atoms. The van der Waals surface area contributed by atoms with E-state index in [1.54, 1.807) is 0 Å². The van der Waals surface area contributed by atoms with Crippen molar-refractivity contribution >= 4 is 0 Å². The largest absolute Gasteiger partial charge is 0.491 e. The lowest BCUT2D eigenvalue weighted by atomic mass is 10.2. The number of aliphatic hydroxyl groups excluding tert-OH is 1. The van der Waals surface area contributed by atoms with Crippen molar-refractivity contribution in [3.8, 4) is 17.2 Å². The van der Waals surface area contributed by atoms with Crippen molar-refractivity contribution in [3.05, 3.63) is 54.6 Å². The molecular weight excluding hydrogens is 252 g/mol. The smallest absolute Gasteiger partial charge is 0.127 e. The summed E-state index contributed by atoms with van der Waals surface area (Å²) in [4.78, 5) is 0. The van der Waals surface area contributed by atoms with Crippen LogP contribution in [0.4, 0.5) is 0 Å². The zero-order valence-electron chi connectivity index (χ0n) is 11.2. The second-order valence-corrected chi connectivity index (χ2v) is 5.10. The van der Waals surface area contributed by atoms with Gasteiger partial charge in [0, 0.05) is 0 Å². The fourth-order valence-electron chi connectivity index (χ4n) is 2.03. The van der Waals surface area contributed by atoms with E-state index < -0.39 is 0 Å². The lowest BCUT2D eigenvalue weighted by Crippen LogP contribution is -2.19. The van der Waals surface area contributed by atoms with Gasteiger partial charge in [-0.3, -0.25) is 0 Å². The highest BCUT2D eigenvalue weighted by atomic mass is 16.5. The quantitative estimate of drug-likeness (QED) is 0.871. The Labute approximate surface area is 118 Å². The standard InChI is InChI=1S/C17H18O3/c18-17(13-6-7-13)12-19-14-8-10-16(11-9-14)20-15-4-2-1-3-5-15/h1-5,8-11,13,17-18H,6-7,12H2. The fourth-order valence-corrected chi connectivity index (χ4v) is 2.03. The molecule has 0 aliphatic heterocycles. The zero-order valence-corrected chi connectivity index (χ0v) is 11.2. The predicted octanol–water partition coefficient (Wildman–Crippen LogP) is 3.63. The molecule has 1 aliphatic carbocycles. The van der Waals surface area contributed by atoms with Crippen LogP contribution in [0.3, 0.4) is 0 Å². The first-order valence-corrected chi connectivity index (χ1v) is 6.95. The molecule has 0 aromatic heterocycles. The predicted molar refractivity (Wildman–Crippen MR) is 77.2 cm³/mol. The van der Waals surface area contributed by atoms with Gasteiger partial charge in [0.25, 0.3) is 0 Å². The van der Waals surface area contributed by atoms with Gasteiger partial charge in [0.05, 0.1) is 6.10 Å². The molecule has 0 radical (unpaired) electrons. The van der Waals surface area contributed by atoms with E-state index in [-0.39, 0.29) is 6.10 Å². The Morgan fingerprint density at radius 3 is 2.15 bits per heavy atom. The fraction of sp³-hybridized carbons (Fsp3) is 0.294. The van der Waals surface area contributed by atoms with E-state index in [0.29, 0.717) is 12.5 Å². The average Bonchev–Trinajstić information content (AvgIpc) is 3.32. The monoisotopic (exact) mass is 270 g/mol. The van der Waals surface area contributed by atoms with Crippen LogP contribution in [0.1, 0.15) is 12.8 Å². The van der Waals surface area contributed by atoms with Gasteiger partial charge in [-0.2, -0.15) is 0 Å². The molecule has 1 aliphatic rings. The molecule has 2 aromatic carbocycles. The van der Waals surface area contributed by atoms with Crippen molar-refractivity contribution < 1.29 is 14.6 Å². The third kappa shape index (κ3) is 3.52. The maximum atomic E-state index is 9.75. The number of rotatable bonds is 6. The summed E-state index contributed by atoms with van der Waals surface area (Å²) in [5.41, 5.74) is 0. The third-order valence-corrected chi connectivity index (χ3v) is 3.39. The average molecular weight is 270 g/mol. The van der Waals surface area contributed by atoms with Crippen LogP contribution in [0.2, 0.25) is 0 Å². The summed E-state index contributed by atoms with van der Waals surface area (Å²) in [5, 5.41) is 9.75. The van der Waals surface area contributed by atoms with Gasteiger partial charge in [0.2, 0.25) is 0 Å². The summed E-state index contributed by atoms with van der Waals surface area (Å²) in [6.07, 6.45) is 1.90. The normalized spacial score (nSPS) is 15.7. The second kappa shape index (κ2) is 5.97. The van der Waals surface area contributed by atoms with Crippen molar-refractivity contribution in [1.82, 2.24) is 0 Å². The summed E-state index contributed by atoms with van der Waals surface area (Å²) in [5.74, 6) is 2.78. The SMILES string of the molecule is OC(COc1ccc(Oc2ccccc2)cc1)C1CC1. The molecule has 0 heterocycles. The van der Waals surface area contributed by atoms with Gasteiger partial charge in [-0.15, -0.1) is 0 Å². The summed E-state index contributed by atoms with van der Waals surface area (Å²) < 4.78 is 11.3. The molecule has 1 N–H and O–H groups in total. The minimum atomic E-state index is -0.338. The lowest BCUT2D eigenvalue weighted by Gasteiger charge is -2.12. The first-order valence-electron chi connectivity index (χ1n) is 6.95. The van der Waals surface area contributed by atoms with E-state index in [2.05, 4.69) is 0 Å². The van der Waals surface area contributed by atoms with Crippen LogP contribution < -0.4 is 9.47 Å². The minimum absolute atomic E-state index is 0.338. The minimum Gasteiger partial charge on any atom is -0.491 e. The van der Waals surface area contributed by atoms with Gasteiger partial charge in [0.1, 0.15) is 23.9 Å². The van der Waals surface area contributed by atoms with E-state index >= 15 is 0 Å². The molecule has 0 bridgehead atoms. The van der Waals surface area contributed by atoms with Gasteiger partial charge in [0.15, 0.2) is 0 Å². The highest BCUT2D eigenvalue weighted by molar-refractivity contribution is 5.35. The summed E-state index contributed by atoms with van der Waals surface area (Å²) in [6, 6.07) is 17.1. The Morgan fingerprint density at radius 1 is 0.900 bits per heavy atom. The van der Waals surface area contributed by atoms with Crippen molar-refractivity contribution in [1.29, 1.82) is 0 Å². The topological polar surface area (TPSA) is 38.7 Å². The van der Waals surface area contributed by atoms with Crippen LogP contribution in [0, 0.1) is 5.92 Å². The number of hydrogen-bond acceptors (Lipinski definition) is 3. The lowest BCUT2D eigenvalue weighted by molar-refractivity contribution is 0.0894. The second-order valence-electron chi connectivity index (χ2n) is 5.10. The Morgan fingerprint density at radius 2 is 1.50 bits per heavy atom. The highest BCUT2D eigenvalue weighted by Gasteiger charge is 2.29. The summed E-state index contributed by atoms with van der Waals surface area (Å²) >= 11 is 0. The molecule has 1 atom stereocenters. The van der Waals surface area contributed by atoms with E-state index in [9.17, 15) is 5.11 Å². The number of benzene rings is 2. The Bertz CT molecular complexity index is 532. The van der Waals surface area contributed by atoms with Gasteiger partial charge < -0.3 is 14.6 Å². The first kappa shape index (κ1) is 13.0. The number of para-hydroxylation sites is 1. The van der Waals surface area contributed by atoms with Crippen LogP contribution in [-0.4, -0.2) is 17.8 Å². The van der Waals surface area contributed by atoms with Crippen molar-refractivity contribution in [2.45, 2.75) is 18.9 Å². The van der Waals surface area contributed by atoms with Crippen molar-refractivity contribution in [3.63, 3.8) is 0 Å². The number of aliphatic hydroxyl groups is 1. The summed E-state index contributed by atoms with van der Waals surface area (Å²) in [6.45, 7) is 0.365. The molecule has 0 spiro atoms. The van der Waals surface area contributed by atoms with E-state index in [1.165, 1.54) is 0 Å². The van der Waals surface area contributed by atoms with Crippen LogP contribution in [0.5, 0.6) is 17.2 Å². The Kier molecular flexibility index (Phi) is 3.88. The van der Waals surface area contributed by atoms with E-state index in [4.69, 9.17) is 9.47 Å². The molecule has 1 fully saturated rings. The molecule has 3 heteroatoms. The van der Waals surface area contributed by atoms with Crippen LogP contribution >= 0.6 is 0 Å². The molecule has 104 valence electrons. The van der Waals surface area contributed by atoms with Gasteiger partial charge >= 0.3 is 0 Å². The Hall–Kier alpha value is -2.00. The van der Waals surface area contributed by atoms with E-state index in [0.717, 1.165) is 30.1 Å². The summed E-state index contributed by atoms with van der Waals surface area (Å²) in [7, 11) is 0. The molecule has 3 nitrogen and oxygen atoms in total. The van der Waals surface area contributed by atoms with Crippen LogP contribution in [0.25, 0.3) is 0 Å². The van der Waals surface area contributed by atoms with E-state index in [1.807, 2.05) is 54.6 Å². The number of ether oxygens (including phenoxy) is 2. The zero-order chi connectivity index (χ0) is 13.8. The van der Waals surface area contributed by atoms with Gasteiger partial charge in [-0.05, 0) is 55.2 Å². The Balaban J connectivity index is 1.54. The molecule has 1 saturated carbocycles. The number of hydrogen-bond donors (Lipinski definition) is 1. The van der Waals surface area contributed by atoms with Crippen molar-refractivity contribution in [2.75, 3.05) is 6.61 Å². The van der Waals surface area contributed by atoms with Crippen LogP contribution in [0.15, 0.2) is 54.6 Å². The molecule has 1 unspecified atom stereocenters. The highest BCUT2D eigenvalue weighted by Crippen LogP contribution is 2.33. The van der Waals surface area contributed by atoms with Crippen molar-refractivity contribution in [2.24, 2.45) is 5.92 Å². The van der Waals surface area contributed by atoms with Crippen LogP contribution in [-0.2, 0) is 0 Å². The molecule has 0 saturated heterocycles. The van der Waals surface area contributed by atoms with Gasteiger partial charge in [-0.25, -0.2) is 0 Å². The molecule has 3 rings (SSSR count). The molecule has 2 aromatic rings. The molecule has 0 amide bonds. The third-order valence-electron chi connectivity index (χ3n) is 3.39. The maximum absolute atomic E-state index is 9.75. The first-order chi connectivity index (χ1) is 9.81. The molecular formula is C17H18O3. The maximum Gasteiger partial charge on any atom is 0.127 e.